The van der Waals surface area contributed by atoms with Crippen molar-refractivity contribution in [2.45, 2.75) is 46.5 Å². The van der Waals surface area contributed by atoms with Gasteiger partial charge in [0, 0.05) is 6.54 Å². The van der Waals surface area contributed by atoms with E-state index in [2.05, 4.69) is 44.3 Å². The predicted octanol–water partition coefficient (Wildman–Crippen LogP) is 3.15. The van der Waals surface area contributed by atoms with Crippen LogP contribution < -0.4 is 5.32 Å². The second kappa shape index (κ2) is 7.10. The number of unbranched alkanes of at least 4 members (excludes halogenated alkanes) is 2. The van der Waals surface area contributed by atoms with Gasteiger partial charge in [0.05, 0.1) is 6.42 Å². The predicted molar refractivity (Wildman–Crippen MR) is 72.2 cm³/mol. The molecule has 0 unspecified atom stereocenters. The molecule has 0 saturated heterocycles. The van der Waals surface area contributed by atoms with Gasteiger partial charge in [-0.1, -0.05) is 43.5 Å². The Morgan fingerprint density at radius 2 is 2.00 bits per heavy atom. The third-order valence-corrected chi connectivity index (χ3v) is 2.96. The largest absolute Gasteiger partial charge is 0.356 e. The van der Waals surface area contributed by atoms with Crippen molar-refractivity contribution < 1.29 is 4.79 Å². The lowest BCUT2D eigenvalue weighted by molar-refractivity contribution is -0.120. The van der Waals surface area contributed by atoms with Crippen LogP contribution in [0, 0.1) is 13.8 Å². The topological polar surface area (TPSA) is 29.1 Å². The molecule has 0 aliphatic heterocycles. The number of hydrogen-bond donors (Lipinski definition) is 1. The van der Waals surface area contributed by atoms with Crippen LogP contribution in [0.5, 0.6) is 0 Å². The molecular formula is C15H23NO. The Bertz CT molecular complexity index is 371. The quantitative estimate of drug-likeness (QED) is 0.751. The summed E-state index contributed by atoms with van der Waals surface area (Å²) >= 11 is 0. The van der Waals surface area contributed by atoms with Gasteiger partial charge in [-0.15, -0.1) is 0 Å². The molecule has 0 bridgehead atoms. The maximum absolute atomic E-state index is 11.7. The number of amides is 1. The lowest BCUT2D eigenvalue weighted by Crippen LogP contribution is -2.26. The highest BCUT2D eigenvalue weighted by Crippen LogP contribution is 2.11. The Labute approximate surface area is 104 Å². The maximum Gasteiger partial charge on any atom is 0.224 e. The van der Waals surface area contributed by atoms with Gasteiger partial charge in [-0.05, 0) is 31.4 Å². The molecule has 0 aliphatic carbocycles. The van der Waals surface area contributed by atoms with Crippen molar-refractivity contribution >= 4 is 5.91 Å². The highest BCUT2D eigenvalue weighted by atomic mass is 16.1. The zero-order valence-electron chi connectivity index (χ0n) is 11.2. The Balaban J connectivity index is 2.42. The van der Waals surface area contributed by atoms with E-state index < -0.39 is 0 Å². The highest BCUT2D eigenvalue weighted by molar-refractivity contribution is 5.78. The minimum atomic E-state index is 0.134. The third kappa shape index (κ3) is 5.03. The van der Waals surface area contributed by atoms with Gasteiger partial charge in [0.25, 0.3) is 0 Å². The molecule has 94 valence electrons. The minimum Gasteiger partial charge on any atom is -0.356 e. The molecule has 0 radical (unpaired) electrons. The molecular weight excluding hydrogens is 210 g/mol. The first-order valence-corrected chi connectivity index (χ1v) is 6.46. The standard InChI is InChI=1S/C15H23NO/c1-4-5-6-9-16-15(17)11-14-10-12(2)7-8-13(14)3/h7-8,10H,4-6,9,11H2,1-3H3,(H,16,17). The summed E-state index contributed by atoms with van der Waals surface area (Å²) in [5.74, 6) is 0.134. The van der Waals surface area contributed by atoms with Crippen LogP contribution in [0.15, 0.2) is 18.2 Å². The van der Waals surface area contributed by atoms with Crippen molar-refractivity contribution in [3.63, 3.8) is 0 Å². The molecule has 0 aliphatic rings. The van der Waals surface area contributed by atoms with Crippen molar-refractivity contribution in [2.24, 2.45) is 0 Å². The number of rotatable bonds is 6. The van der Waals surface area contributed by atoms with Gasteiger partial charge in [-0.2, -0.15) is 0 Å². The molecule has 0 fully saturated rings. The van der Waals surface area contributed by atoms with Crippen molar-refractivity contribution in [1.82, 2.24) is 5.32 Å². The van der Waals surface area contributed by atoms with E-state index in [0.29, 0.717) is 6.42 Å². The summed E-state index contributed by atoms with van der Waals surface area (Å²) in [5, 5.41) is 2.97. The summed E-state index contributed by atoms with van der Waals surface area (Å²) in [5.41, 5.74) is 3.54. The van der Waals surface area contributed by atoms with Gasteiger partial charge >= 0.3 is 0 Å². The van der Waals surface area contributed by atoms with Crippen LogP contribution in [0.2, 0.25) is 0 Å². The second-order valence-electron chi connectivity index (χ2n) is 4.66. The average Bonchev–Trinajstić information content (AvgIpc) is 2.29. The maximum atomic E-state index is 11.7. The van der Waals surface area contributed by atoms with E-state index in [1.54, 1.807) is 0 Å². The first kappa shape index (κ1) is 13.8. The van der Waals surface area contributed by atoms with E-state index in [-0.39, 0.29) is 5.91 Å². The van der Waals surface area contributed by atoms with Crippen LogP contribution in [-0.4, -0.2) is 12.5 Å². The molecule has 1 amide bonds. The molecule has 2 heteroatoms. The molecule has 0 aromatic heterocycles. The Hall–Kier alpha value is -1.31. The van der Waals surface area contributed by atoms with E-state index in [4.69, 9.17) is 0 Å². The molecule has 2 nitrogen and oxygen atoms in total. The Morgan fingerprint density at radius 3 is 2.71 bits per heavy atom. The number of aryl methyl sites for hydroxylation is 2. The molecule has 1 rings (SSSR count). The van der Waals surface area contributed by atoms with Gasteiger partial charge in [-0.25, -0.2) is 0 Å². The zero-order valence-corrected chi connectivity index (χ0v) is 11.2. The fourth-order valence-corrected chi connectivity index (χ4v) is 1.83. The van der Waals surface area contributed by atoms with Gasteiger partial charge in [-0.3, -0.25) is 4.79 Å². The van der Waals surface area contributed by atoms with Crippen LogP contribution in [0.4, 0.5) is 0 Å². The summed E-state index contributed by atoms with van der Waals surface area (Å²) in [6, 6.07) is 6.26. The smallest absolute Gasteiger partial charge is 0.224 e. The fraction of sp³-hybridized carbons (Fsp3) is 0.533. The van der Waals surface area contributed by atoms with Crippen molar-refractivity contribution in [2.75, 3.05) is 6.54 Å². The SMILES string of the molecule is CCCCCNC(=O)Cc1cc(C)ccc1C. The molecule has 0 saturated carbocycles. The van der Waals surface area contributed by atoms with Gasteiger partial charge in [0.1, 0.15) is 0 Å². The molecule has 0 spiro atoms. The van der Waals surface area contributed by atoms with E-state index in [1.165, 1.54) is 24.0 Å². The first-order chi connectivity index (χ1) is 8.13. The van der Waals surface area contributed by atoms with Gasteiger partial charge < -0.3 is 5.32 Å². The first-order valence-electron chi connectivity index (χ1n) is 6.46. The van der Waals surface area contributed by atoms with Gasteiger partial charge in [0.2, 0.25) is 5.91 Å². The third-order valence-electron chi connectivity index (χ3n) is 2.96. The lowest BCUT2D eigenvalue weighted by atomic mass is 10.0. The molecule has 1 aromatic rings. The highest BCUT2D eigenvalue weighted by Gasteiger charge is 2.05. The molecule has 1 N–H and O–H groups in total. The lowest BCUT2D eigenvalue weighted by Gasteiger charge is -2.08. The van der Waals surface area contributed by atoms with E-state index in [1.807, 2.05) is 0 Å². The molecule has 0 atom stereocenters. The van der Waals surface area contributed by atoms with E-state index in [0.717, 1.165) is 18.5 Å². The number of carbonyl (C=O) groups excluding carboxylic acids is 1. The van der Waals surface area contributed by atoms with Crippen molar-refractivity contribution in [3.05, 3.63) is 34.9 Å². The number of nitrogens with one attached hydrogen (secondary N) is 1. The van der Waals surface area contributed by atoms with Crippen LogP contribution >= 0.6 is 0 Å². The Kier molecular flexibility index (Phi) is 5.75. The van der Waals surface area contributed by atoms with Crippen LogP contribution in [-0.2, 0) is 11.2 Å². The molecule has 17 heavy (non-hydrogen) atoms. The number of carbonyl (C=O) groups is 1. The zero-order chi connectivity index (χ0) is 12.7. The van der Waals surface area contributed by atoms with Crippen LogP contribution in [0.3, 0.4) is 0 Å². The van der Waals surface area contributed by atoms with Crippen molar-refractivity contribution in [1.29, 1.82) is 0 Å². The molecule has 0 heterocycles. The Morgan fingerprint density at radius 1 is 1.24 bits per heavy atom. The van der Waals surface area contributed by atoms with E-state index in [9.17, 15) is 4.79 Å². The number of benzene rings is 1. The summed E-state index contributed by atoms with van der Waals surface area (Å²) in [4.78, 5) is 11.7. The normalized spacial score (nSPS) is 10.3. The average molecular weight is 233 g/mol. The van der Waals surface area contributed by atoms with Crippen molar-refractivity contribution in [3.8, 4) is 0 Å². The summed E-state index contributed by atoms with van der Waals surface area (Å²) in [6.07, 6.45) is 3.95. The van der Waals surface area contributed by atoms with E-state index >= 15 is 0 Å². The monoisotopic (exact) mass is 233 g/mol. The summed E-state index contributed by atoms with van der Waals surface area (Å²) in [7, 11) is 0. The second-order valence-corrected chi connectivity index (χ2v) is 4.66. The van der Waals surface area contributed by atoms with Crippen LogP contribution in [0.1, 0.15) is 42.9 Å². The minimum absolute atomic E-state index is 0.134. The molecule has 1 aromatic carbocycles. The number of hydrogen-bond acceptors (Lipinski definition) is 1. The summed E-state index contributed by atoms with van der Waals surface area (Å²) in [6.45, 7) is 7.08. The summed E-state index contributed by atoms with van der Waals surface area (Å²) < 4.78 is 0. The fourth-order valence-electron chi connectivity index (χ4n) is 1.83. The van der Waals surface area contributed by atoms with Crippen LogP contribution in [0.25, 0.3) is 0 Å². The van der Waals surface area contributed by atoms with Gasteiger partial charge in [0.15, 0.2) is 0 Å².